The maximum absolute atomic E-state index is 12.5. The third kappa shape index (κ3) is 2.98. The van der Waals surface area contributed by atoms with Crippen molar-refractivity contribution in [1.82, 2.24) is 10.2 Å². The normalized spacial score (nSPS) is 19.1. The van der Waals surface area contributed by atoms with Crippen molar-refractivity contribution in [3.63, 3.8) is 0 Å². The molecule has 1 heterocycles. The fourth-order valence-electron chi connectivity index (χ4n) is 2.52. The predicted octanol–water partition coefficient (Wildman–Crippen LogP) is 1.31. The van der Waals surface area contributed by atoms with E-state index in [1.807, 2.05) is 6.92 Å². The molecule has 5 heteroatoms. The average Bonchev–Trinajstić information content (AvgIpc) is 2.40. The molecule has 0 aromatic heterocycles. The summed E-state index contributed by atoms with van der Waals surface area (Å²) in [5.74, 6) is -0.405. The summed E-state index contributed by atoms with van der Waals surface area (Å²) >= 11 is 0. The fourth-order valence-corrected chi connectivity index (χ4v) is 2.52. The lowest BCUT2D eigenvalue weighted by Crippen LogP contribution is -2.48. The van der Waals surface area contributed by atoms with E-state index < -0.39 is 0 Å². The van der Waals surface area contributed by atoms with Gasteiger partial charge in [-0.25, -0.2) is 0 Å². The third-order valence-corrected chi connectivity index (χ3v) is 3.52. The van der Waals surface area contributed by atoms with Crippen molar-refractivity contribution < 1.29 is 15.0 Å². The minimum atomic E-state index is -0.186. The van der Waals surface area contributed by atoms with Gasteiger partial charge in [0.1, 0.15) is 11.5 Å². The lowest BCUT2D eigenvalue weighted by molar-refractivity contribution is 0.0659. The van der Waals surface area contributed by atoms with Crippen molar-refractivity contribution in [3.05, 3.63) is 23.8 Å². The highest BCUT2D eigenvalue weighted by atomic mass is 16.3. The van der Waals surface area contributed by atoms with Crippen LogP contribution < -0.4 is 5.32 Å². The molecular formula is C14H20N2O3. The first-order valence-electron chi connectivity index (χ1n) is 6.67. The van der Waals surface area contributed by atoms with Crippen molar-refractivity contribution >= 4 is 5.91 Å². The predicted molar refractivity (Wildman–Crippen MR) is 72.4 cm³/mol. The van der Waals surface area contributed by atoms with Gasteiger partial charge in [0.15, 0.2) is 0 Å². The molecule has 0 radical (unpaired) electrons. The van der Waals surface area contributed by atoms with Crippen LogP contribution in [0.1, 0.15) is 30.1 Å². The Labute approximate surface area is 112 Å². The van der Waals surface area contributed by atoms with Gasteiger partial charge >= 0.3 is 0 Å². The van der Waals surface area contributed by atoms with Gasteiger partial charge in [-0.05, 0) is 38.4 Å². The summed E-state index contributed by atoms with van der Waals surface area (Å²) in [5.41, 5.74) is 0.241. The summed E-state index contributed by atoms with van der Waals surface area (Å²) in [6.45, 7) is 4.32. The largest absolute Gasteiger partial charge is 0.508 e. The first-order valence-corrected chi connectivity index (χ1v) is 6.67. The second-order valence-electron chi connectivity index (χ2n) is 4.79. The molecule has 104 valence electrons. The van der Waals surface area contributed by atoms with Crippen molar-refractivity contribution in [2.24, 2.45) is 0 Å². The zero-order valence-corrected chi connectivity index (χ0v) is 11.1. The van der Waals surface area contributed by atoms with Crippen molar-refractivity contribution in [3.8, 4) is 11.5 Å². The molecule has 1 aliphatic rings. The number of hydrogen-bond donors (Lipinski definition) is 3. The minimum absolute atomic E-state index is 0.0450. The van der Waals surface area contributed by atoms with Gasteiger partial charge in [-0.2, -0.15) is 0 Å². The Bertz CT molecular complexity index is 456. The number of benzene rings is 1. The van der Waals surface area contributed by atoms with Crippen LogP contribution in [0.3, 0.4) is 0 Å². The summed E-state index contributed by atoms with van der Waals surface area (Å²) in [7, 11) is 0. The molecule has 1 aliphatic heterocycles. The number of aromatic hydroxyl groups is 2. The van der Waals surface area contributed by atoms with Gasteiger partial charge in [0.2, 0.25) is 0 Å². The summed E-state index contributed by atoms with van der Waals surface area (Å²) < 4.78 is 0. The molecular weight excluding hydrogens is 244 g/mol. The van der Waals surface area contributed by atoms with E-state index >= 15 is 0 Å². The number of amides is 1. The molecule has 2 rings (SSSR count). The van der Waals surface area contributed by atoms with Crippen LogP contribution >= 0.6 is 0 Å². The number of rotatable bonds is 3. The van der Waals surface area contributed by atoms with E-state index in [1.54, 1.807) is 4.90 Å². The summed E-state index contributed by atoms with van der Waals surface area (Å²) in [5, 5.41) is 22.3. The number of phenolic OH excluding ortho intramolecular Hbond substituents is 2. The summed E-state index contributed by atoms with van der Waals surface area (Å²) in [6, 6.07) is 4.24. The van der Waals surface area contributed by atoms with Crippen molar-refractivity contribution in [2.45, 2.75) is 25.8 Å². The lowest BCUT2D eigenvalue weighted by Gasteiger charge is -2.34. The Balaban J connectivity index is 2.19. The standard InChI is InChI=1S/C14H20N2O3/c1-2-16(10-4-3-7-15-9-10)14(19)12-6-5-11(17)8-13(12)18/h5-6,8,10,15,17-18H,2-4,7,9H2,1H3. The van der Waals surface area contributed by atoms with Crippen LogP contribution in [0.2, 0.25) is 0 Å². The molecule has 1 aromatic carbocycles. The zero-order chi connectivity index (χ0) is 13.8. The average molecular weight is 264 g/mol. The van der Waals surface area contributed by atoms with Gasteiger partial charge in [-0.1, -0.05) is 0 Å². The molecule has 0 aliphatic carbocycles. The topological polar surface area (TPSA) is 72.8 Å². The number of hydrogen-bond acceptors (Lipinski definition) is 4. The molecule has 1 aromatic rings. The maximum Gasteiger partial charge on any atom is 0.257 e. The quantitative estimate of drug-likeness (QED) is 0.769. The van der Waals surface area contributed by atoms with E-state index in [-0.39, 0.29) is 29.0 Å². The van der Waals surface area contributed by atoms with Gasteiger partial charge in [-0.15, -0.1) is 0 Å². The van der Waals surface area contributed by atoms with E-state index in [0.717, 1.165) is 25.9 Å². The maximum atomic E-state index is 12.5. The van der Waals surface area contributed by atoms with Gasteiger partial charge < -0.3 is 20.4 Å². The van der Waals surface area contributed by atoms with Gasteiger partial charge in [0.05, 0.1) is 5.56 Å². The number of likely N-dealkylation sites (N-methyl/N-ethyl adjacent to an activating group) is 1. The van der Waals surface area contributed by atoms with Crippen LogP contribution in [0.15, 0.2) is 18.2 Å². The van der Waals surface area contributed by atoms with E-state index in [9.17, 15) is 15.0 Å². The van der Waals surface area contributed by atoms with Crippen LogP contribution in [0.25, 0.3) is 0 Å². The monoisotopic (exact) mass is 264 g/mol. The van der Waals surface area contributed by atoms with Crippen LogP contribution in [0, 0.1) is 0 Å². The Kier molecular flexibility index (Phi) is 4.27. The molecule has 5 nitrogen and oxygen atoms in total. The highest BCUT2D eigenvalue weighted by Gasteiger charge is 2.26. The van der Waals surface area contributed by atoms with Crippen LogP contribution in [-0.2, 0) is 0 Å². The lowest BCUT2D eigenvalue weighted by atomic mass is 10.0. The Hall–Kier alpha value is -1.75. The number of piperidine rings is 1. The van der Waals surface area contributed by atoms with Crippen LogP contribution in [0.4, 0.5) is 0 Å². The smallest absolute Gasteiger partial charge is 0.257 e. The molecule has 1 saturated heterocycles. The number of carbonyl (C=O) groups is 1. The van der Waals surface area contributed by atoms with Crippen molar-refractivity contribution in [1.29, 1.82) is 0 Å². The zero-order valence-electron chi connectivity index (χ0n) is 11.1. The van der Waals surface area contributed by atoms with Gasteiger partial charge in [-0.3, -0.25) is 4.79 Å². The van der Waals surface area contributed by atoms with E-state index in [0.29, 0.717) is 6.54 Å². The minimum Gasteiger partial charge on any atom is -0.508 e. The van der Waals surface area contributed by atoms with E-state index in [2.05, 4.69) is 5.32 Å². The molecule has 1 unspecified atom stereocenters. The van der Waals surface area contributed by atoms with Crippen LogP contribution in [0.5, 0.6) is 11.5 Å². The first-order chi connectivity index (χ1) is 9.13. The fraction of sp³-hybridized carbons (Fsp3) is 0.500. The molecule has 3 N–H and O–H groups in total. The molecule has 19 heavy (non-hydrogen) atoms. The molecule has 1 fully saturated rings. The molecule has 0 saturated carbocycles. The second-order valence-corrected chi connectivity index (χ2v) is 4.79. The second kappa shape index (κ2) is 5.93. The molecule has 0 bridgehead atoms. The number of nitrogens with one attached hydrogen (secondary N) is 1. The van der Waals surface area contributed by atoms with Gasteiger partial charge in [0, 0.05) is 25.2 Å². The molecule has 1 atom stereocenters. The highest BCUT2D eigenvalue weighted by molar-refractivity contribution is 5.97. The Morgan fingerprint density at radius 2 is 2.26 bits per heavy atom. The number of nitrogens with zero attached hydrogens (tertiary/aromatic N) is 1. The molecule has 1 amide bonds. The van der Waals surface area contributed by atoms with Gasteiger partial charge in [0.25, 0.3) is 5.91 Å². The Morgan fingerprint density at radius 1 is 1.47 bits per heavy atom. The third-order valence-electron chi connectivity index (χ3n) is 3.52. The number of phenols is 2. The molecule has 0 spiro atoms. The first kappa shape index (κ1) is 13.7. The Morgan fingerprint density at radius 3 is 2.84 bits per heavy atom. The van der Waals surface area contributed by atoms with E-state index in [4.69, 9.17) is 0 Å². The van der Waals surface area contributed by atoms with Crippen molar-refractivity contribution in [2.75, 3.05) is 19.6 Å². The summed E-state index contributed by atoms with van der Waals surface area (Å²) in [6.07, 6.45) is 2.03. The summed E-state index contributed by atoms with van der Waals surface area (Å²) in [4.78, 5) is 14.2. The van der Waals surface area contributed by atoms with E-state index in [1.165, 1.54) is 18.2 Å². The van der Waals surface area contributed by atoms with Crippen LogP contribution in [-0.4, -0.2) is 46.7 Å². The SMILES string of the molecule is CCN(C(=O)c1ccc(O)cc1O)C1CCCNC1. The number of carbonyl (C=O) groups excluding carboxylic acids is 1. The highest BCUT2D eigenvalue weighted by Crippen LogP contribution is 2.25.